The molecule has 248 valence electrons. The number of benzene rings is 2. The number of hydrogen-bond acceptors (Lipinski definition) is 10. The molecule has 15 heteroatoms. The largest absolute Gasteiger partial charge is 0.495 e. The molecule has 13 nitrogen and oxygen atoms in total. The van der Waals surface area contributed by atoms with Gasteiger partial charge in [-0.3, -0.25) is 19.5 Å². The van der Waals surface area contributed by atoms with Crippen molar-refractivity contribution in [3.63, 3.8) is 0 Å². The van der Waals surface area contributed by atoms with E-state index in [9.17, 15) is 19.7 Å². The van der Waals surface area contributed by atoms with Crippen molar-refractivity contribution in [2.75, 3.05) is 32.6 Å². The van der Waals surface area contributed by atoms with E-state index in [4.69, 9.17) is 37.4 Å². The van der Waals surface area contributed by atoms with E-state index in [0.717, 1.165) is 0 Å². The molecule has 1 aliphatic heterocycles. The predicted molar refractivity (Wildman–Crippen MR) is 179 cm³/mol. The Morgan fingerprint density at radius 1 is 1.15 bits per heavy atom. The van der Waals surface area contributed by atoms with Crippen LogP contribution in [0.15, 0.2) is 41.3 Å². The summed E-state index contributed by atoms with van der Waals surface area (Å²) in [6, 6.07) is 7.81. The summed E-state index contributed by atoms with van der Waals surface area (Å²) in [5.74, 6) is 0.437. The van der Waals surface area contributed by atoms with Crippen LogP contribution in [0.5, 0.6) is 11.5 Å². The molecule has 0 radical (unpaired) electrons. The van der Waals surface area contributed by atoms with Gasteiger partial charge in [-0.2, -0.15) is 4.98 Å². The van der Waals surface area contributed by atoms with Crippen LogP contribution in [0.3, 0.4) is 0 Å². The van der Waals surface area contributed by atoms with Crippen LogP contribution in [-0.4, -0.2) is 63.4 Å². The second-order valence-corrected chi connectivity index (χ2v) is 12.9. The molecule has 0 spiro atoms. The summed E-state index contributed by atoms with van der Waals surface area (Å²) in [6.45, 7) is 8.12. The molecular weight excluding hydrogens is 651 g/mol. The number of nitro groups is 1. The quantitative estimate of drug-likeness (QED) is 0.152. The number of amides is 1. The highest BCUT2D eigenvalue weighted by Crippen LogP contribution is 2.45. The molecule has 0 bridgehead atoms. The first-order chi connectivity index (χ1) is 22.2. The number of rotatable bonds is 8. The van der Waals surface area contributed by atoms with Gasteiger partial charge in [-0.15, -0.1) is 0 Å². The van der Waals surface area contributed by atoms with E-state index in [0.29, 0.717) is 30.5 Å². The molecule has 1 unspecified atom stereocenters. The van der Waals surface area contributed by atoms with Crippen molar-refractivity contribution in [3.05, 3.63) is 72.6 Å². The summed E-state index contributed by atoms with van der Waals surface area (Å²) in [5, 5.41) is 15.4. The molecule has 2 aromatic carbocycles. The van der Waals surface area contributed by atoms with Crippen molar-refractivity contribution >= 4 is 57.7 Å². The molecule has 47 heavy (non-hydrogen) atoms. The first-order valence-electron chi connectivity index (χ1n) is 14.7. The monoisotopic (exact) mass is 684 g/mol. The summed E-state index contributed by atoms with van der Waals surface area (Å²) in [4.78, 5) is 49.2. The minimum Gasteiger partial charge on any atom is -0.495 e. The van der Waals surface area contributed by atoms with Crippen molar-refractivity contribution < 1.29 is 23.9 Å². The summed E-state index contributed by atoms with van der Waals surface area (Å²) in [7, 11) is 2.88. The number of ether oxygens (including phenoxy) is 3. The molecule has 3 heterocycles. The molecule has 1 N–H and O–H groups in total. The molecule has 1 amide bonds. The fourth-order valence-corrected chi connectivity index (χ4v) is 6.21. The second kappa shape index (κ2) is 13.2. The van der Waals surface area contributed by atoms with E-state index < -0.39 is 22.2 Å². The first-order valence-corrected chi connectivity index (χ1v) is 15.5. The van der Waals surface area contributed by atoms with Crippen LogP contribution < -0.4 is 20.3 Å². The predicted octanol–water partition coefficient (Wildman–Crippen LogP) is 7.00. The Kier molecular flexibility index (Phi) is 9.51. The molecule has 2 aromatic heterocycles. The van der Waals surface area contributed by atoms with E-state index in [1.165, 1.54) is 37.1 Å². The average Bonchev–Trinajstić information content (AvgIpc) is 3.48. The minimum atomic E-state index is -0.653. The summed E-state index contributed by atoms with van der Waals surface area (Å²) >= 11 is 13.5. The van der Waals surface area contributed by atoms with E-state index >= 15 is 0 Å². The number of pyridine rings is 1. The van der Waals surface area contributed by atoms with Crippen LogP contribution in [-0.2, 0) is 11.3 Å². The molecule has 0 aliphatic carbocycles. The zero-order valence-electron chi connectivity index (χ0n) is 26.7. The number of para-hydroxylation sites is 1. The number of nitro benzene ring substituents is 1. The van der Waals surface area contributed by atoms with Crippen molar-refractivity contribution in [1.82, 2.24) is 19.4 Å². The van der Waals surface area contributed by atoms with E-state index in [2.05, 4.69) is 15.3 Å². The maximum Gasteiger partial charge on any atom is 0.410 e. The summed E-state index contributed by atoms with van der Waals surface area (Å²) in [6.07, 6.45) is 1.69. The molecule has 4 aromatic rings. The average molecular weight is 686 g/mol. The number of methoxy groups -OCH3 is 2. The lowest BCUT2D eigenvalue weighted by Gasteiger charge is -2.24. The lowest BCUT2D eigenvalue weighted by atomic mass is 10.0. The maximum absolute atomic E-state index is 14.4. The second-order valence-electron chi connectivity index (χ2n) is 12.2. The SMILES string of the molecule is COc1cc(OC)c(Cl)c(-c2cc3cnc(Nc4c(C)cccc4[N+](=O)[O-])nc3n(CC3CCN(C(=O)OC(C)(C)C)C3)c2=O)c1Cl. The van der Waals surface area contributed by atoms with Gasteiger partial charge >= 0.3 is 6.09 Å². The Morgan fingerprint density at radius 2 is 1.83 bits per heavy atom. The Hall–Kier alpha value is -4.62. The lowest BCUT2D eigenvalue weighted by Crippen LogP contribution is -2.36. The number of carbonyl (C=O) groups excluding carboxylic acids is 1. The smallest absolute Gasteiger partial charge is 0.410 e. The number of anilines is 2. The number of fused-ring (bicyclic) bond motifs is 1. The molecule has 0 saturated carbocycles. The van der Waals surface area contributed by atoms with E-state index in [1.807, 2.05) is 0 Å². The number of aromatic nitrogens is 3. The van der Waals surface area contributed by atoms with Crippen molar-refractivity contribution in [2.45, 2.75) is 46.3 Å². The highest BCUT2D eigenvalue weighted by Gasteiger charge is 2.31. The first kappa shape index (κ1) is 33.7. The van der Waals surface area contributed by atoms with Gasteiger partial charge in [-0.25, -0.2) is 9.78 Å². The molecule has 1 atom stereocenters. The van der Waals surface area contributed by atoms with Crippen molar-refractivity contribution in [3.8, 4) is 22.6 Å². The standard InChI is InChI=1S/C32H34Cl2N6O7/c1-17-8-7-9-21(40(43)44)27(17)36-30-35-14-19-12-20(24-25(33)22(45-5)13-23(46-6)26(24)34)29(41)39(28(19)37-30)16-18-10-11-38(15-18)31(42)47-32(2,3)4/h7-9,12-14,18H,10-11,15-16H2,1-6H3,(H,35,36,37). The van der Waals surface area contributed by atoms with Gasteiger partial charge in [0.1, 0.15) is 28.4 Å². The van der Waals surface area contributed by atoms with Crippen LogP contribution in [0.25, 0.3) is 22.2 Å². The van der Waals surface area contributed by atoms with Gasteiger partial charge in [0.2, 0.25) is 5.95 Å². The van der Waals surface area contributed by atoms with Gasteiger partial charge < -0.3 is 24.4 Å². The van der Waals surface area contributed by atoms with Gasteiger partial charge in [0.05, 0.1) is 34.8 Å². The molecule has 1 saturated heterocycles. The summed E-state index contributed by atoms with van der Waals surface area (Å²) < 4.78 is 17.9. The third-order valence-corrected chi connectivity index (χ3v) is 8.48. The minimum absolute atomic E-state index is 0.0525. The number of likely N-dealkylation sites (tertiary alicyclic amines) is 1. The van der Waals surface area contributed by atoms with Gasteiger partial charge in [0, 0.05) is 48.9 Å². The number of nitrogens with one attached hydrogen (secondary N) is 1. The third kappa shape index (κ3) is 6.91. The van der Waals surface area contributed by atoms with Crippen molar-refractivity contribution in [1.29, 1.82) is 0 Å². The number of aryl methyl sites for hydroxylation is 1. The van der Waals surface area contributed by atoms with Crippen LogP contribution in [0.1, 0.15) is 32.8 Å². The molecular formula is C32H34Cl2N6O7. The van der Waals surface area contributed by atoms with Crippen molar-refractivity contribution in [2.24, 2.45) is 5.92 Å². The Balaban J connectivity index is 1.65. The van der Waals surface area contributed by atoms with Gasteiger partial charge in [0.25, 0.3) is 11.2 Å². The lowest BCUT2D eigenvalue weighted by molar-refractivity contribution is -0.384. The third-order valence-electron chi connectivity index (χ3n) is 7.73. The Bertz CT molecular complexity index is 1910. The number of carbonyl (C=O) groups is 1. The van der Waals surface area contributed by atoms with Gasteiger partial charge in [-0.05, 0) is 51.7 Å². The number of halogens is 2. The number of nitrogens with zero attached hydrogens (tertiary/aromatic N) is 5. The van der Waals surface area contributed by atoms with Crippen LogP contribution in [0.2, 0.25) is 10.0 Å². The molecule has 1 aliphatic rings. The highest BCUT2D eigenvalue weighted by molar-refractivity contribution is 6.41. The van der Waals surface area contributed by atoms with E-state index in [1.54, 1.807) is 50.8 Å². The molecule has 5 rings (SSSR count). The fourth-order valence-electron chi connectivity index (χ4n) is 5.50. The van der Waals surface area contributed by atoms with Crippen LogP contribution >= 0.6 is 23.2 Å². The Labute approximate surface area is 280 Å². The maximum atomic E-state index is 14.4. The van der Waals surface area contributed by atoms with Gasteiger partial charge in [0.15, 0.2) is 0 Å². The fraction of sp³-hybridized carbons (Fsp3) is 0.375. The number of hydrogen-bond donors (Lipinski definition) is 1. The topological polar surface area (TPSA) is 151 Å². The summed E-state index contributed by atoms with van der Waals surface area (Å²) in [5.41, 5.74) is 0.220. The zero-order valence-corrected chi connectivity index (χ0v) is 28.2. The normalized spacial score (nSPS) is 14.7. The Morgan fingerprint density at radius 3 is 2.45 bits per heavy atom. The molecule has 1 fully saturated rings. The van der Waals surface area contributed by atoms with Gasteiger partial charge in [-0.1, -0.05) is 35.3 Å². The van der Waals surface area contributed by atoms with E-state index in [-0.39, 0.29) is 68.1 Å². The zero-order chi connectivity index (χ0) is 34.2. The highest BCUT2D eigenvalue weighted by atomic mass is 35.5. The van der Waals surface area contributed by atoms with Crippen LogP contribution in [0, 0.1) is 23.0 Å². The van der Waals surface area contributed by atoms with Crippen LogP contribution in [0.4, 0.5) is 22.1 Å².